The first-order chi connectivity index (χ1) is 6.88. The summed E-state index contributed by atoms with van der Waals surface area (Å²) in [5.74, 6) is 4.50. The van der Waals surface area contributed by atoms with E-state index in [0.717, 1.165) is 12.1 Å². The quantitative estimate of drug-likeness (QED) is 0.494. The molecule has 0 aromatic heterocycles. The summed E-state index contributed by atoms with van der Waals surface area (Å²) in [6.07, 6.45) is 0. The molecule has 2 N–H and O–H groups in total. The van der Waals surface area contributed by atoms with Gasteiger partial charge in [0.05, 0.1) is 9.48 Å². The number of benzene rings is 1. The molecule has 0 fully saturated rings. The molecular weight excluding hydrogens is 248 g/mol. The number of hydrogen-bond acceptors (Lipinski definition) is 5. The second-order valence-electron chi connectivity index (χ2n) is 2.42. The van der Waals surface area contributed by atoms with E-state index in [1.54, 1.807) is 0 Å². The molecule has 0 aliphatic heterocycles. The van der Waals surface area contributed by atoms with Gasteiger partial charge in [0, 0.05) is 17.2 Å². The van der Waals surface area contributed by atoms with Crippen molar-refractivity contribution < 1.29 is 18.0 Å². The highest BCUT2D eigenvalue weighted by Crippen LogP contribution is 2.30. The zero-order valence-electron chi connectivity index (χ0n) is 7.08. The lowest BCUT2D eigenvalue weighted by Gasteiger charge is -1.98. The van der Waals surface area contributed by atoms with Crippen LogP contribution in [-0.2, 0) is 23.5 Å². The zero-order valence-corrected chi connectivity index (χ0v) is 8.66. The van der Waals surface area contributed by atoms with E-state index >= 15 is 0 Å². The third-order valence-electron chi connectivity index (χ3n) is 1.51. The van der Waals surface area contributed by atoms with Crippen LogP contribution in [0.4, 0.5) is 5.69 Å². The van der Waals surface area contributed by atoms with E-state index in [1.165, 1.54) is 6.07 Å². The normalized spacial score (nSPS) is 14.6. The number of halogens is 1. The lowest BCUT2D eigenvalue weighted by Crippen LogP contribution is -2.18. The number of rotatable bonds is 3. The third-order valence-corrected chi connectivity index (χ3v) is 2.87. The molecule has 1 radical (unpaired) electrons. The van der Waals surface area contributed by atoms with Gasteiger partial charge in [0.2, 0.25) is 0 Å². The fourth-order valence-corrected chi connectivity index (χ4v) is 1.90. The van der Waals surface area contributed by atoms with Gasteiger partial charge in [0.1, 0.15) is 0 Å². The van der Waals surface area contributed by atoms with E-state index in [0.29, 0.717) is 0 Å². The van der Waals surface area contributed by atoms with E-state index in [-0.39, 0.29) is 5.02 Å². The Morgan fingerprint density at radius 3 is 2.60 bits per heavy atom. The predicted molar refractivity (Wildman–Crippen MR) is 50.4 cm³/mol. The fraction of sp³-hybridized carbons (Fsp3) is 0. The molecule has 1 aromatic carbocycles. The average molecular weight is 253 g/mol. The minimum Gasteiger partial charge on any atom is -0.258 e. The summed E-state index contributed by atoms with van der Waals surface area (Å²) in [6.45, 7) is 0. The molecule has 0 saturated carbocycles. The Bertz CT molecular complexity index is 451. The largest absolute Gasteiger partial charge is 0.454 e. The molecule has 0 aliphatic rings. The van der Waals surface area contributed by atoms with Crippen molar-refractivity contribution in [2.45, 2.75) is 4.90 Å². The highest BCUT2D eigenvalue weighted by atomic mass is 35.5. The summed E-state index contributed by atoms with van der Waals surface area (Å²) in [5.41, 5.74) is -0.648. The van der Waals surface area contributed by atoms with Crippen molar-refractivity contribution in [1.29, 1.82) is 0 Å². The first kappa shape index (κ1) is 12.0. The molecule has 0 saturated heterocycles. The van der Waals surface area contributed by atoms with Gasteiger partial charge in [-0.3, -0.25) is 10.1 Å². The molecule has 15 heavy (non-hydrogen) atoms. The number of nitrogens with zero attached hydrogens (tertiary/aromatic N) is 1. The van der Waals surface area contributed by atoms with Gasteiger partial charge in [-0.1, -0.05) is 11.6 Å². The summed E-state index contributed by atoms with van der Waals surface area (Å²) in [4.78, 5) is 8.95. The van der Waals surface area contributed by atoms with Gasteiger partial charge < -0.3 is 0 Å². The highest BCUT2D eigenvalue weighted by molar-refractivity contribution is 7.93. The Labute approximate surface area is 90.3 Å². The maximum atomic E-state index is 11.2. The van der Waals surface area contributed by atoms with Crippen LogP contribution in [0.1, 0.15) is 0 Å². The molecule has 0 aliphatic carbocycles. The lowest BCUT2D eigenvalue weighted by molar-refractivity contribution is -0.388. The predicted octanol–water partition coefficient (Wildman–Crippen LogP) is 1.26. The Morgan fingerprint density at radius 1 is 1.53 bits per heavy atom. The van der Waals surface area contributed by atoms with Crippen molar-refractivity contribution in [2.75, 3.05) is 0 Å². The molecule has 9 heteroatoms. The van der Waals surface area contributed by atoms with E-state index in [1.807, 2.05) is 0 Å². The summed E-state index contributed by atoms with van der Waals surface area (Å²) < 4.78 is 26.0. The second kappa shape index (κ2) is 4.21. The van der Waals surface area contributed by atoms with Crippen LogP contribution in [0.15, 0.2) is 23.1 Å². The van der Waals surface area contributed by atoms with Crippen LogP contribution in [0.3, 0.4) is 0 Å². The number of hydrogen-bond donors (Lipinski definition) is 1. The summed E-state index contributed by atoms with van der Waals surface area (Å²) in [7, 11) is -4.34. The summed E-state index contributed by atoms with van der Waals surface area (Å²) in [6, 6.07) is 3.03. The molecular formula is C6H5ClN2O5S+. The zero-order chi connectivity index (χ0) is 11.6. The molecule has 1 unspecified atom stereocenters. The lowest BCUT2D eigenvalue weighted by atomic mass is 10.3. The standard InChI is InChI=1S/C6H5ClN2O5S/c7-4-1-2-5(9(10)11)6(3-4)15(12,13)14-8/h1-3H,8H2/q+1. The maximum absolute atomic E-state index is 11.2. The van der Waals surface area contributed by atoms with Gasteiger partial charge in [0.15, 0.2) is 0 Å². The average Bonchev–Trinajstić information content (AvgIpc) is 2.17. The Morgan fingerprint density at radius 2 is 2.13 bits per heavy atom. The minimum absolute atomic E-state index is 0.0243. The van der Waals surface area contributed by atoms with Crippen molar-refractivity contribution in [1.82, 2.24) is 0 Å². The monoisotopic (exact) mass is 252 g/mol. The second-order valence-corrected chi connectivity index (χ2v) is 4.40. The molecule has 7 nitrogen and oxygen atoms in total. The third kappa shape index (κ3) is 2.49. The van der Waals surface area contributed by atoms with Gasteiger partial charge in [-0.15, -0.1) is 0 Å². The van der Waals surface area contributed by atoms with Crippen molar-refractivity contribution in [2.24, 2.45) is 5.90 Å². The van der Waals surface area contributed by atoms with E-state index < -0.39 is 26.0 Å². The molecule has 1 rings (SSSR count). The molecule has 0 amide bonds. The van der Waals surface area contributed by atoms with Gasteiger partial charge in [0.25, 0.3) is 0 Å². The van der Waals surface area contributed by atoms with Gasteiger partial charge >= 0.3 is 21.1 Å². The molecule has 81 valence electrons. The van der Waals surface area contributed by atoms with E-state index in [4.69, 9.17) is 11.6 Å². The SMILES string of the molecule is NO[S+]([O])(=O)c1cc(Cl)ccc1[N+](=O)[O-]. The summed E-state index contributed by atoms with van der Waals surface area (Å²) in [5, 5.41) is 10.5. The van der Waals surface area contributed by atoms with Crippen LogP contribution in [0, 0.1) is 10.1 Å². The Balaban J connectivity index is 3.44. The van der Waals surface area contributed by atoms with Gasteiger partial charge in [-0.25, -0.2) is 0 Å². The van der Waals surface area contributed by atoms with Gasteiger partial charge in [-0.2, -0.15) is 5.90 Å². The molecule has 1 aromatic rings. The summed E-state index contributed by atoms with van der Waals surface area (Å²) >= 11 is 5.50. The van der Waals surface area contributed by atoms with Crippen molar-refractivity contribution >= 4 is 27.8 Å². The van der Waals surface area contributed by atoms with Crippen LogP contribution in [0.2, 0.25) is 5.02 Å². The van der Waals surface area contributed by atoms with Crippen LogP contribution in [0.5, 0.6) is 0 Å². The number of nitrogens with two attached hydrogens (primary N) is 1. The Kier molecular flexibility index (Phi) is 3.37. The minimum atomic E-state index is -4.34. The maximum Gasteiger partial charge on any atom is 0.454 e. The first-order valence-electron chi connectivity index (χ1n) is 3.46. The number of nitro benzene ring substituents is 1. The van der Waals surface area contributed by atoms with Crippen molar-refractivity contribution in [3.63, 3.8) is 0 Å². The first-order valence-corrected chi connectivity index (χ1v) is 5.24. The molecule has 1 atom stereocenters. The van der Waals surface area contributed by atoms with Crippen molar-refractivity contribution in [3.05, 3.63) is 33.3 Å². The highest BCUT2D eigenvalue weighted by Gasteiger charge is 2.42. The smallest absolute Gasteiger partial charge is 0.258 e. The van der Waals surface area contributed by atoms with E-state index in [9.17, 15) is 18.9 Å². The molecule has 0 spiro atoms. The van der Waals surface area contributed by atoms with Crippen LogP contribution >= 0.6 is 11.6 Å². The topological polar surface area (TPSA) is 115 Å². The fourth-order valence-electron chi connectivity index (χ4n) is 0.891. The van der Waals surface area contributed by atoms with Crippen molar-refractivity contribution in [3.8, 4) is 0 Å². The molecule has 0 bridgehead atoms. The van der Waals surface area contributed by atoms with Gasteiger partial charge in [-0.05, 0) is 14.6 Å². The van der Waals surface area contributed by atoms with Crippen LogP contribution in [-0.4, -0.2) is 4.92 Å². The van der Waals surface area contributed by atoms with Crippen LogP contribution < -0.4 is 5.90 Å². The Hall–Kier alpha value is -1.06. The van der Waals surface area contributed by atoms with Crippen LogP contribution in [0.25, 0.3) is 0 Å². The number of nitro groups is 1. The van der Waals surface area contributed by atoms with E-state index in [2.05, 4.69) is 10.2 Å². The molecule has 0 heterocycles.